The molecule has 3 nitrogen and oxygen atoms in total. The monoisotopic (exact) mass is 364 g/mol. The van der Waals surface area contributed by atoms with E-state index in [0.717, 1.165) is 38.5 Å². The Bertz CT molecular complexity index is 598. The molecule has 4 saturated carbocycles. The summed E-state index contributed by atoms with van der Waals surface area (Å²) >= 11 is 0. The zero-order chi connectivity index (χ0) is 19.8. The van der Waals surface area contributed by atoms with E-state index in [9.17, 15) is 9.90 Å². The summed E-state index contributed by atoms with van der Waals surface area (Å²) in [5.74, 6) is 0.458. The summed E-state index contributed by atoms with van der Waals surface area (Å²) < 4.78 is 6.40. The van der Waals surface area contributed by atoms with Crippen molar-refractivity contribution >= 4 is 5.97 Å². The smallest absolute Gasteiger partial charge is 0.312 e. The van der Waals surface area contributed by atoms with Gasteiger partial charge in [-0.15, -0.1) is 0 Å². The predicted octanol–water partition coefficient (Wildman–Crippen LogP) is 5.49. The molecule has 26 heavy (non-hydrogen) atoms. The molecule has 5 atom stereocenters. The molecule has 0 radical (unpaired) electrons. The second-order valence-corrected chi connectivity index (χ2v) is 12.5. The summed E-state index contributed by atoms with van der Waals surface area (Å²) in [7, 11) is 0. The van der Waals surface area contributed by atoms with Gasteiger partial charge in [0.1, 0.15) is 5.60 Å². The average Bonchev–Trinajstić information content (AvgIpc) is 2.75. The molecule has 4 aliphatic rings. The van der Waals surface area contributed by atoms with E-state index >= 15 is 0 Å². The fourth-order valence-corrected chi connectivity index (χ4v) is 6.74. The van der Waals surface area contributed by atoms with Crippen LogP contribution < -0.4 is 0 Å². The Balaban J connectivity index is 1.87. The quantitative estimate of drug-likeness (QED) is 0.671. The Labute approximate surface area is 160 Å². The highest BCUT2D eigenvalue weighted by Gasteiger charge is 2.70. The maximum atomic E-state index is 13.6. The number of esters is 1. The Kier molecular flexibility index (Phi) is 4.26. The van der Waals surface area contributed by atoms with Crippen LogP contribution in [0.15, 0.2) is 0 Å². The molecular formula is C23H40O3. The minimum Gasteiger partial charge on any atom is -0.458 e. The molecule has 1 N–H and O–H groups in total. The van der Waals surface area contributed by atoms with Gasteiger partial charge >= 0.3 is 5.97 Å². The van der Waals surface area contributed by atoms with Gasteiger partial charge in [0.25, 0.3) is 0 Å². The van der Waals surface area contributed by atoms with Crippen LogP contribution in [0.5, 0.6) is 0 Å². The first-order chi connectivity index (χ1) is 11.6. The van der Waals surface area contributed by atoms with Crippen molar-refractivity contribution in [2.75, 3.05) is 0 Å². The number of hydrogen-bond acceptors (Lipinski definition) is 3. The molecule has 5 unspecified atom stereocenters. The van der Waals surface area contributed by atoms with Crippen molar-refractivity contribution in [3.8, 4) is 0 Å². The SMILES string of the molecule is CCC12CC3(O)CC1CC(OC(=O)C(C)(CC(C)(C)C)C(C)(C)C)(C3)C2. The second kappa shape index (κ2) is 5.49. The third-order valence-electron chi connectivity index (χ3n) is 8.12. The van der Waals surface area contributed by atoms with E-state index in [1.54, 1.807) is 0 Å². The van der Waals surface area contributed by atoms with Gasteiger partial charge in [0.15, 0.2) is 0 Å². The van der Waals surface area contributed by atoms with Crippen molar-refractivity contribution in [2.45, 2.75) is 112 Å². The molecule has 0 aromatic rings. The van der Waals surface area contributed by atoms with Crippen LogP contribution in [0, 0.1) is 27.6 Å². The molecule has 4 aliphatic carbocycles. The van der Waals surface area contributed by atoms with Crippen LogP contribution in [0.3, 0.4) is 0 Å². The molecule has 0 spiro atoms. The molecular weight excluding hydrogens is 324 g/mol. The molecule has 0 saturated heterocycles. The van der Waals surface area contributed by atoms with Crippen molar-refractivity contribution in [2.24, 2.45) is 27.6 Å². The fourth-order valence-electron chi connectivity index (χ4n) is 6.74. The third-order valence-corrected chi connectivity index (χ3v) is 8.12. The molecule has 0 aliphatic heterocycles. The fraction of sp³-hybridized carbons (Fsp3) is 0.957. The lowest BCUT2D eigenvalue weighted by molar-refractivity contribution is -0.195. The maximum Gasteiger partial charge on any atom is 0.312 e. The highest BCUT2D eigenvalue weighted by atomic mass is 16.6. The molecule has 4 bridgehead atoms. The van der Waals surface area contributed by atoms with E-state index < -0.39 is 16.6 Å². The molecule has 0 amide bonds. The van der Waals surface area contributed by atoms with Crippen molar-refractivity contribution in [1.82, 2.24) is 0 Å². The maximum absolute atomic E-state index is 13.6. The van der Waals surface area contributed by atoms with E-state index in [1.807, 2.05) is 0 Å². The zero-order valence-corrected chi connectivity index (χ0v) is 18.3. The molecule has 150 valence electrons. The predicted molar refractivity (Wildman–Crippen MR) is 105 cm³/mol. The summed E-state index contributed by atoms with van der Waals surface area (Å²) in [5.41, 5.74) is -1.53. The van der Waals surface area contributed by atoms with Crippen LogP contribution in [0.1, 0.15) is 100 Å². The Morgan fingerprint density at radius 1 is 1.04 bits per heavy atom. The first kappa shape index (κ1) is 20.2. The van der Waals surface area contributed by atoms with Crippen molar-refractivity contribution < 1.29 is 14.6 Å². The third kappa shape index (κ3) is 3.02. The van der Waals surface area contributed by atoms with E-state index in [4.69, 9.17) is 4.74 Å². The zero-order valence-electron chi connectivity index (χ0n) is 18.3. The van der Waals surface area contributed by atoms with Crippen LogP contribution in [0.4, 0.5) is 0 Å². The lowest BCUT2D eigenvalue weighted by Gasteiger charge is -2.49. The minimum absolute atomic E-state index is 0.0501. The van der Waals surface area contributed by atoms with E-state index in [-0.39, 0.29) is 22.2 Å². The summed E-state index contributed by atoms with van der Waals surface area (Å²) in [6.07, 6.45) is 6.22. The molecule has 3 heteroatoms. The number of rotatable bonds is 4. The topological polar surface area (TPSA) is 46.5 Å². The largest absolute Gasteiger partial charge is 0.458 e. The standard InChI is InChI=1S/C23H40O3/c1-9-21-13-22(25)10-16(21)11-23(14-21,15-22)26-17(24)20(8,19(5,6)7)12-18(2,3)4/h16,25H,9-15H2,1-8H3. The number of carbonyl (C=O) groups is 1. The molecule has 0 aromatic carbocycles. The van der Waals surface area contributed by atoms with Crippen LogP contribution in [0.25, 0.3) is 0 Å². The summed E-state index contributed by atoms with van der Waals surface area (Å²) in [6.45, 7) is 17.3. The van der Waals surface area contributed by atoms with Gasteiger partial charge in [-0.05, 0) is 67.6 Å². The highest BCUT2D eigenvalue weighted by molar-refractivity contribution is 5.78. The Hall–Kier alpha value is -0.570. The number of ether oxygens (including phenoxy) is 1. The lowest BCUT2D eigenvalue weighted by atomic mass is 9.61. The van der Waals surface area contributed by atoms with Crippen molar-refractivity contribution in [1.29, 1.82) is 0 Å². The van der Waals surface area contributed by atoms with Crippen molar-refractivity contribution in [3.05, 3.63) is 0 Å². The lowest BCUT2D eigenvalue weighted by Crippen LogP contribution is -2.52. The van der Waals surface area contributed by atoms with Gasteiger partial charge in [-0.1, -0.05) is 48.5 Å². The highest BCUT2D eigenvalue weighted by Crippen LogP contribution is 2.70. The first-order valence-corrected chi connectivity index (χ1v) is 10.5. The van der Waals surface area contributed by atoms with Gasteiger partial charge in [-0.3, -0.25) is 4.79 Å². The van der Waals surface area contributed by atoms with E-state index in [0.29, 0.717) is 12.3 Å². The Morgan fingerprint density at radius 2 is 1.65 bits per heavy atom. The van der Waals surface area contributed by atoms with Crippen LogP contribution in [-0.2, 0) is 9.53 Å². The average molecular weight is 365 g/mol. The van der Waals surface area contributed by atoms with Crippen LogP contribution in [-0.4, -0.2) is 22.3 Å². The minimum atomic E-state index is -0.611. The van der Waals surface area contributed by atoms with E-state index in [2.05, 4.69) is 55.4 Å². The number of carbonyl (C=O) groups excluding carboxylic acids is 1. The van der Waals surface area contributed by atoms with Crippen LogP contribution in [0.2, 0.25) is 0 Å². The van der Waals surface area contributed by atoms with Gasteiger partial charge in [0.2, 0.25) is 0 Å². The first-order valence-electron chi connectivity index (χ1n) is 10.5. The normalized spacial score (nSPS) is 41.3. The summed E-state index contributed by atoms with van der Waals surface area (Å²) in [6, 6.07) is 0. The number of hydrogen-bond donors (Lipinski definition) is 1. The van der Waals surface area contributed by atoms with Gasteiger partial charge in [-0.2, -0.15) is 0 Å². The van der Waals surface area contributed by atoms with Gasteiger partial charge in [0, 0.05) is 6.42 Å². The summed E-state index contributed by atoms with van der Waals surface area (Å²) in [5, 5.41) is 11.1. The van der Waals surface area contributed by atoms with Gasteiger partial charge in [-0.25, -0.2) is 0 Å². The van der Waals surface area contributed by atoms with Gasteiger partial charge in [0.05, 0.1) is 11.0 Å². The van der Waals surface area contributed by atoms with Gasteiger partial charge < -0.3 is 9.84 Å². The molecule has 0 aromatic heterocycles. The van der Waals surface area contributed by atoms with Crippen molar-refractivity contribution in [3.63, 3.8) is 0 Å². The number of aliphatic hydroxyl groups is 1. The van der Waals surface area contributed by atoms with Crippen LogP contribution >= 0.6 is 0 Å². The summed E-state index contributed by atoms with van der Waals surface area (Å²) in [4.78, 5) is 13.6. The molecule has 4 fully saturated rings. The Morgan fingerprint density at radius 3 is 2.12 bits per heavy atom. The second-order valence-electron chi connectivity index (χ2n) is 12.5. The molecule has 0 heterocycles. The van der Waals surface area contributed by atoms with E-state index in [1.165, 1.54) is 0 Å². The molecule has 4 rings (SSSR count).